The minimum atomic E-state index is -1.69. The Balaban J connectivity index is 5.20. The summed E-state index contributed by atoms with van der Waals surface area (Å²) in [6, 6.07) is 0. The Morgan fingerprint density at radius 2 is 1.87 bits per heavy atom. The van der Waals surface area contributed by atoms with E-state index in [1.54, 1.807) is 5.43 Å². The second-order valence-electron chi connectivity index (χ2n) is 8.06. The number of hydrogen-bond acceptors (Lipinski definition) is 5. The van der Waals surface area contributed by atoms with Gasteiger partial charge in [-0.1, -0.05) is 58.0 Å². The minimum absolute atomic E-state index is 0.161. The molecule has 0 heterocycles. The minimum Gasteiger partial charge on any atom is -0.365 e. The molecular formula is C21H40N6O4. The van der Waals surface area contributed by atoms with Crippen molar-refractivity contribution in [3.63, 3.8) is 0 Å². The van der Waals surface area contributed by atoms with Gasteiger partial charge >= 0.3 is 0 Å². The van der Waals surface area contributed by atoms with Crippen LogP contribution in [0.5, 0.6) is 0 Å². The summed E-state index contributed by atoms with van der Waals surface area (Å²) in [5, 5.41) is 15.3. The fourth-order valence-electron chi connectivity index (χ4n) is 3.07. The van der Waals surface area contributed by atoms with E-state index in [0.29, 0.717) is 25.3 Å². The number of hydrogen-bond donors (Lipinski definition) is 4. The lowest BCUT2D eigenvalue weighted by Gasteiger charge is -2.30. The summed E-state index contributed by atoms with van der Waals surface area (Å²) < 4.78 is 0. The van der Waals surface area contributed by atoms with E-state index < -0.39 is 22.6 Å². The van der Waals surface area contributed by atoms with Crippen LogP contribution in [0, 0.1) is 16.0 Å². The zero-order valence-electron chi connectivity index (χ0n) is 19.2. The van der Waals surface area contributed by atoms with Crippen molar-refractivity contribution in [1.82, 2.24) is 16.1 Å². The quantitative estimate of drug-likeness (QED) is 0.0681. The molecule has 1 atom stereocenters. The number of hydrazine groups is 1. The van der Waals surface area contributed by atoms with Gasteiger partial charge in [-0.05, 0) is 31.6 Å². The predicted molar refractivity (Wildman–Crippen MR) is 123 cm³/mol. The topological polar surface area (TPSA) is 152 Å². The number of guanidine groups is 1. The zero-order valence-corrected chi connectivity index (χ0v) is 19.2. The molecule has 178 valence electrons. The molecule has 0 aromatic rings. The Hall–Kier alpha value is -2.65. The number of carbonyl (C=O) groups excluding carboxylic acids is 2. The van der Waals surface area contributed by atoms with Crippen LogP contribution in [0.15, 0.2) is 17.6 Å². The summed E-state index contributed by atoms with van der Waals surface area (Å²) in [6.07, 6.45) is 9.33. The molecule has 10 heteroatoms. The summed E-state index contributed by atoms with van der Waals surface area (Å²) >= 11 is 0. The van der Waals surface area contributed by atoms with Gasteiger partial charge in [-0.3, -0.25) is 9.59 Å². The van der Waals surface area contributed by atoms with E-state index in [1.165, 1.54) is 0 Å². The summed E-state index contributed by atoms with van der Waals surface area (Å²) in [5.41, 5.74) is 5.67. The van der Waals surface area contributed by atoms with Crippen molar-refractivity contribution in [3.05, 3.63) is 22.8 Å². The number of nitrogens with one attached hydrogen (secondary N) is 3. The van der Waals surface area contributed by atoms with E-state index in [1.807, 2.05) is 26.8 Å². The van der Waals surface area contributed by atoms with Crippen LogP contribution in [0.2, 0.25) is 0 Å². The molecule has 0 aromatic carbocycles. The standard InChI is InChI=1S/C21H40N6O4/c1-5-7-8-9-10-11-12-13-18(28)24-21(15-6-2,25-20(22)26-27(30)31)19(29)23-16-14-17(3)4/h5,17H,1,6-16H2,2-4H3,(H,23,29)(H,24,28)(H3,22,25,26)/t21-/m1/s1. The Labute approximate surface area is 185 Å². The summed E-state index contributed by atoms with van der Waals surface area (Å²) in [6.45, 7) is 9.99. The number of allylic oxidation sites excluding steroid dienone is 1. The number of nitro groups is 1. The van der Waals surface area contributed by atoms with E-state index in [4.69, 9.17) is 5.73 Å². The lowest BCUT2D eigenvalue weighted by Crippen LogP contribution is -2.59. The number of carbonyl (C=O) groups is 2. The van der Waals surface area contributed by atoms with Crippen molar-refractivity contribution in [2.75, 3.05) is 6.54 Å². The van der Waals surface area contributed by atoms with Gasteiger partial charge in [0.05, 0.1) is 0 Å². The first-order chi connectivity index (χ1) is 14.7. The second-order valence-corrected chi connectivity index (χ2v) is 8.06. The highest BCUT2D eigenvalue weighted by Gasteiger charge is 2.39. The third-order valence-electron chi connectivity index (χ3n) is 4.67. The average Bonchev–Trinajstić information content (AvgIpc) is 2.66. The number of amides is 2. The van der Waals surface area contributed by atoms with Gasteiger partial charge in [0.1, 0.15) is 0 Å². The first-order valence-electron chi connectivity index (χ1n) is 11.1. The molecule has 31 heavy (non-hydrogen) atoms. The molecule has 0 radical (unpaired) electrons. The van der Waals surface area contributed by atoms with Crippen molar-refractivity contribution in [3.8, 4) is 0 Å². The number of rotatable bonds is 17. The monoisotopic (exact) mass is 440 g/mol. The molecule has 0 aliphatic carbocycles. The highest BCUT2D eigenvalue weighted by atomic mass is 16.7. The van der Waals surface area contributed by atoms with Crippen molar-refractivity contribution in [2.24, 2.45) is 16.6 Å². The molecule has 0 bridgehead atoms. The van der Waals surface area contributed by atoms with Crippen LogP contribution in [0.3, 0.4) is 0 Å². The van der Waals surface area contributed by atoms with E-state index >= 15 is 0 Å². The van der Waals surface area contributed by atoms with Crippen molar-refractivity contribution in [1.29, 1.82) is 0 Å². The van der Waals surface area contributed by atoms with E-state index in [2.05, 4.69) is 22.2 Å². The smallest absolute Gasteiger partial charge is 0.268 e. The highest BCUT2D eigenvalue weighted by Crippen LogP contribution is 2.17. The predicted octanol–water partition coefficient (Wildman–Crippen LogP) is 2.77. The van der Waals surface area contributed by atoms with Crippen LogP contribution in [0.1, 0.15) is 85.0 Å². The third kappa shape index (κ3) is 13.3. The molecular weight excluding hydrogens is 400 g/mol. The third-order valence-corrected chi connectivity index (χ3v) is 4.67. The normalized spacial score (nSPS) is 13.4. The highest BCUT2D eigenvalue weighted by molar-refractivity contribution is 5.93. The molecule has 5 N–H and O–H groups in total. The van der Waals surface area contributed by atoms with Crippen LogP contribution in [-0.4, -0.2) is 35.0 Å². The molecule has 2 amide bonds. The first kappa shape index (κ1) is 28.4. The SMILES string of the molecule is C=CCCCCCCCC(=O)N[C@](CCC)(N=C(N)N[N+](=O)[O-])C(=O)NCCC(C)C. The van der Waals surface area contributed by atoms with Gasteiger partial charge in [-0.25, -0.2) is 15.1 Å². The van der Waals surface area contributed by atoms with Gasteiger partial charge in [0, 0.05) is 19.4 Å². The molecule has 0 unspecified atom stereocenters. The van der Waals surface area contributed by atoms with Gasteiger partial charge in [-0.2, -0.15) is 0 Å². The maximum atomic E-state index is 13.0. The van der Waals surface area contributed by atoms with Gasteiger partial charge in [0.2, 0.25) is 11.6 Å². The van der Waals surface area contributed by atoms with Gasteiger partial charge in [-0.15, -0.1) is 6.58 Å². The van der Waals surface area contributed by atoms with Crippen molar-refractivity contribution < 1.29 is 14.6 Å². The number of nitrogens with two attached hydrogens (primary N) is 1. The maximum absolute atomic E-state index is 13.0. The van der Waals surface area contributed by atoms with Crippen LogP contribution in [0.25, 0.3) is 0 Å². The molecule has 10 nitrogen and oxygen atoms in total. The number of nitrogens with zero attached hydrogens (tertiary/aromatic N) is 2. The Morgan fingerprint density at radius 3 is 2.45 bits per heavy atom. The zero-order chi connectivity index (χ0) is 23.7. The molecule has 0 aromatic heterocycles. The van der Waals surface area contributed by atoms with Crippen LogP contribution in [0.4, 0.5) is 0 Å². The van der Waals surface area contributed by atoms with Gasteiger partial charge < -0.3 is 16.4 Å². The number of aliphatic imine (C=N–C) groups is 1. The molecule has 0 saturated carbocycles. The first-order valence-corrected chi connectivity index (χ1v) is 11.1. The Morgan fingerprint density at radius 1 is 1.23 bits per heavy atom. The maximum Gasteiger partial charge on any atom is 0.268 e. The lowest BCUT2D eigenvalue weighted by atomic mass is 10.0. The molecule has 0 rings (SSSR count). The second kappa shape index (κ2) is 16.1. The molecule has 0 saturated heterocycles. The van der Waals surface area contributed by atoms with Crippen molar-refractivity contribution >= 4 is 17.8 Å². The summed E-state index contributed by atoms with van der Waals surface area (Å²) in [4.78, 5) is 40.3. The van der Waals surface area contributed by atoms with E-state index in [9.17, 15) is 19.7 Å². The van der Waals surface area contributed by atoms with Gasteiger partial charge in [0.25, 0.3) is 11.9 Å². The van der Waals surface area contributed by atoms with E-state index in [-0.39, 0.29) is 18.7 Å². The molecule has 0 fully saturated rings. The van der Waals surface area contributed by atoms with E-state index in [0.717, 1.165) is 38.5 Å². The van der Waals surface area contributed by atoms with Crippen molar-refractivity contribution in [2.45, 2.75) is 90.6 Å². The number of unbranched alkanes of at least 4 members (excludes halogenated alkanes) is 5. The van der Waals surface area contributed by atoms with Crippen LogP contribution >= 0.6 is 0 Å². The summed E-state index contributed by atoms with van der Waals surface area (Å²) in [5.74, 6) is -1.02. The Kier molecular flexibility index (Phi) is 14.7. The van der Waals surface area contributed by atoms with Crippen LogP contribution < -0.4 is 21.8 Å². The molecule has 0 aliphatic heterocycles. The fourth-order valence-corrected chi connectivity index (χ4v) is 3.07. The fraction of sp³-hybridized carbons (Fsp3) is 0.762. The summed E-state index contributed by atoms with van der Waals surface area (Å²) in [7, 11) is 0. The Bertz CT molecular complexity index is 609. The van der Waals surface area contributed by atoms with Gasteiger partial charge in [0.15, 0.2) is 5.03 Å². The average molecular weight is 441 g/mol. The lowest BCUT2D eigenvalue weighted by molar-refractivity contribution is -0.525. The molecule has 0 aliphatic rings. The largest absolute Gasteiger partial charge is 0.365 e. The molecule has 0 spiro atoms. The van der Waals surface area contributed by atoms with Crippen LogP contribution in [-0.2, 0) is 9.59 Å².